The van der Waals surface area contributed by atoms with E-state index in [0.29, 0.717) is 6.42 Å². The van der Waals surface area contributed by atoms with Crippen LogP contribution in [0, 0.1) is 5.92 Å². The summed E-state index contributed by atoms with van der Waals surface area (Å²) in [5, 5.41) is 13.5. The highest BCUT2D eigenvalue weighted by molar-refractivity contribution is 5.84. The van der Waals surface area contributed by atoms with Crippen LogP contribution in [0.1, 0.15) is 42.0 Å². The zero-order valence-electron chi connectivity index (χ0n) is 29.6. The average molecular weight is 699 g/mol. The molecule has 1 unspecified atom stereocenters. The summed E-state index contributed by atoms with van der Waals surface area (Å²) in [5.41, 5.74) is 5.45. The molecule has 268 valence electrons. The van der Waals surface area contributed by atoms with Crippen molar-refractivity contribution in [2.24, 2.45) is 5.92 Å². The molecule has 0 aliphatic heterocycles. The molecule has 5 rings (SSSR count). The van der Waals surface area contributed by atoms with Gasteiger partial charge in [-0.1, -0.05) is 159 Å². The Morgan fingerprint density at radius 2 is 1.13 bits per heavy atom. The summed E-state index contributed by atoms with van der Waals surface area (Å²) in [7, 11) is 0. The third kappa shape index (κ3) is 11.1. The zero-order chi connectivity index (χ0) is 36.7. The molecule has 5 aromatic carbocycles. The van der Waals surface area contributed by atoms with Crippen molar-refractivity contribution in [3.63, 3.8) is 0 Å². The lowest BCUT2D eigenvalue weighted by Crippen LogP contribution is -2.54. The van der Waals surface area contributed by atoms with Crippen LogP contribution in [0.15, 0.2) is 146 Å². The van der Waals surface area contributed by atoms with Gasteiger partial charge in [-0.3, -0.25) is 0 Å². The highest BCUT2D eigenvalue weighted by Gasteiger charge is 2.34. The summed E-state index contributed by atoms with van der Waals surface area (Å²) in [6.07, 6.45) is -0.746. The fourth-order valence-electron chi connectivity index (χ4n) is 6.08. The molecule has 3 atom stereocenters. The van der Waals surface area contributed by atoms with Crippen LogP contribution in [0.3, 0.4) is 0 Å². The maximum atomic E-state index is 14.2. The number of aliphatic carboxylic acids is 1. The van der Waals surface area contributed by atoms with Gasteiger partial charge in [0.2, 0.25) is 0 Å². The van der Waals surface area contributed by atoms with Crippen LogP contribution < -0.4 is 5.32 Å². The number of urea groups is 1. The van der Waals surface area contributed by atoms with E-state index in [1.807, 2.05) is 159 Å². The number of carboxylic acid groups (broad SMARTS) is 1. The number of rotatable bonds is 17. The Morgan fingerprint density at radius 1 is 0.635 bits per heavy atom. The van der Waals surface area contributed by atoms with Crippen molar-refractivity contribution in [2.75, 3.05) is 13.1 Å². The van der Waals surface area contributed by atoms with E-state index in [-0.39, 0.29) is 32.2 Å². The molecule has 0 aliphatic carbocycles. The lowest BCUT2D eigenvalue weighted by Gasteiger charge is -2.32. The second kappa shape index (κ2) is 19.0. The quantitative estimate of drug-likeness (QED) is 0.0951. The molecule has 8 nitrogen and oxygen atoms in total. The summed E-state index contributed by atoms with van der Waals surface area (Å²) < 4.78 is 11.8. The van der Waals surface area contributed by atoms with E-state index in [1.165, 1.54) is 4.90 Å². The van der Waals surface area contributed by atoms with Crippen LogP contribution in [0.2, 0.25) is 0 Å². The van der Waals surface area contributed by atoms with Gasteiger partial charge in [-0.2, -0.15) is 0 Å². The van der Waals surface area contributed by atoms with E-state index >= 15 is 0 Å². The highest BCUT2D eigenvalue weighted by atomic mass is 16.6. The van der Waals surface area contributed by atoms with Crippen molar-refractivity contribution in [3.05, 3.63) is 168 Å². The van der Waals surface area contributed by atoms with Crippen LogP contribution in [-0.2, 0) is 38.7 Å². The molecule has 0 saturated carbocycles. The van der Waals surface area contributed by atoms with Gasteiger partial charge < -0.3 is 24.8 Å². The SMILES string of the molecule is CC(C)CN(C[C@H](OCc1ccccc1)C(=O)OCc1ccccc1)C(=O)N[C@H](C(=O)O)C(Cc1ccccc1)c1ccc(-c2ccccc2)cc1. The van der Waals surface area contributed by atoms with Crippen molar-refractivity contribution < 1.29 is 29.0 Å². The van der Waals surface area contributed by atoms with Gasteiger partial charge in [0.25, 0.3) is 0 Å². The Morgan fingerprint density at radius 3 is 1.67 bits per heavy atom. The van der Waals surface area contributed by atoms with Crippen LogP contribution in [0.5, 0.6) is 0 Å². The van der Waals surface area contributed by atoms with Crippen LogP contribution in [-0.4, -0.2) is 53.2 Å². The number of carbonyl (C=O) groups is 3. The second-order valence-electron chi connectivity index (χ2n) is 13.2. The smallest absolute Gasteiger partial charge is 0.337 e. The number of amides is 2. The van der Waals surface area contributed by atoms with Crippen molar-refractivity contribution in [2.45, 2.75) is 51.5 Å². The van der Waals surface area contributed by atoms with E-state index in [1.54, 1.807) is 0 Å². The molecule has 2 amide bonds. The van der Waals surface area contributed by atoms with E-state index in [0.717, 1.165) is 33.4 Å². The summed E-state index contributed by atoms with van der Waals surface area (Å²) in [5.74, 6) is -2.37. The molecule has 0 radical (unpaired) electrons. The molecule has 0 fully saturated rings. The second-order valence-corrected chi connectivity index (χ2v) is 13.2. The van der Waals surface area contributed by atoms with Crippen LogP contribution in [0.4, 0.5) is 4.79 Å². The molecular formula is C44H46N2O6. The Bertz CT molecular complexity index is 1830. The highest BCUT2D eigenvalue weighted by Crippen LogP contribution is 2.28. The predicted molar refractivity (Wildman–Crippen MR) is 202 cm³/mol. The number of hydrogen-bond acceptors (Lipinski definition) is 5. The van der Waals surface area contributed by atoms with E-state index < -0.39 is 36.0 Å². The first-order valence-electron chi connectivity index (χ1n) is 17.6. The molecule has 0 spiro atoms. The van der Waals surface area contributed by atoms with E-state index in [2.05, 4.69) is 5.32 Å². The number of carboxylic acids is 1. The minimum atomic E-state index is -1.28. The molecule has 0 aliphatic rings. The Labute approximate surface area is 306 Å². The van der Waals surface area contributed by atoms with Gasteiger partial charge in [0.1, 0.15) is 12.6 Å². The minimum Gasteiger partial charge on any atom is -0.480 e. The zero-order valence-corrected chi connectivity index (χ0v) is 29.6. The summed E-state index contributed by atoms with van der Waals surface area (Å²) in [6, 6.07) is 44.3. The number of ether oxygens (including phenoxy) is 2. The number of esters is 1. The molecule has 5 aromatic rings. The van der Waals surface area contributed by atoms with Gasteiger partial charge >= 0.3 is 18.0 Å². The Kier molecular flexibility index (Phi) is 13.7. The minimum absolute atomic E-state index is 0.00906. The maximum absolute atomic E-state index is 14.2. The molecule has 0 bridgehead atoms. The number of nitrogens with zero attached hydrogens (tertiary/aromatic N) is 1. The van der Waals surface area contributed by atoms with Crippen molar-refractivity contribution in [1.82, 2.24) is 10.2 Å². The Balaban J connectivity index is 1.39. The fraction of sp³-hybridized carbons (Fsp3) is 0.250. The molecule has 8 heteroatoms. The van der Waals surface area contributed by atoms with Crippen LogP contribution in [0.25, 0.3) is 11.1 Å². The third-order valence-electron chi connectivity index (χ3n) is 8.73. The number of hydrogen-bond donors (Lipinski definition) is 2. The van der Waals surface area contributed by atoms with Gasteiger partial charge in [-0.05, 0) is 45.7 Å². The molecule has 0 aromatic heterocycles. The first-order chi connectivity index (χ1) is 25.3. The fourth-order valence-corrected chi connectivity index (χ4v) is 6.08. The first-order valence-corrected chi connectivity index (χ1v) is 17.6. The maximum Gasteiger partial charge on any atom is 0.337 e. The molecule has 2 N–H and O–H groups in total. The largest absolute Gasteiger partial charge is 0.480 e. The molecule has 0 heterocycles. The molecular weight excluding hydrogens is 652 g/mol. The van der Waals surface area contributed by atoms with Gasteiger partial charge in [0.05, 0.1) is 13.2 Å². The summed E-state index contributed by atoms with van der Waals surface area (Å²) >= 11 is 0. The number of carbonyl (C=O) groups excluding carboxylic acids is 2. The monoisotopic (exact) mass is 698 g/mol. The lowest BCUT2D eigenvalue weighted by atomic mass is 9.85. The number of benzene rings is 5. The lowest BCUT2D eigenvalue weighted by molar-refractivity contribution is -0.160. The van der Waals surface area contributed by atoms with Gasteiger partial charge in [0.15, 0.2) is 6.10 Å². The van der Waals surface area contributed by atoms with Gasteiger partial charge in [-0.15, -0.1) is 0 Å². The van der Waals surface area contributed by atoms with Gasteiger partial charge in [-0.25, -0.2) is 14.4 Å². The predicted octanol–water partition coefficient (Wildman–Crippen LogP) is 8.13. The van der Waals surface area contributed by atoms with Crippen molar-refractivity contribution in [3.8, 4) is 11.1 Å². The molecule has 52 heavy (non-hydrogen) atoms. The average Bonchev–Trinajstić information content (AvgIpc) is 3.17. The topological polar surface area (TPSA) is 105 Å². The van der Waals surface area contributed by atoms with Crippen molar-refractivity contribution >= 4 is 18.0 Å². The normalized spacial score (nSPS) is 12.8. The standard InChI is InChI=1S/C44H46N2O6/c1-32(2)28-46(29-40(51-30-34-17-9-4-10-18-34)43(49)52-31-35-19-11-5-12-20-35)44(50)45-41(42(47)48)39(27-33-15-7-3-8-16-33)38-25-23-37(24-26-38)36-21-13-6-14-22-36/h3-26,32,39-41H,27-31H2,1-2H3,(H,45,50)(H,47,48)/t39?,40-,41-/m0/s1. The summed E-state index contributed by atoms with van der Waals surface area (Å²) in [4.78, 5) is 42.2. The Hall–Kier alpha value is -5.73. The summed E-state index contributed by atoms with van der Waals surface area (Å²) in [6.45, 7) is 4.20. The number of nitrogens with one attached hydrogen (secondary N) is 1. The van der Waals surface area contributed by atoms with Gasteiger partial charge in [0, 0.05) is 12.5 Å². The van der Waals surface area contributed by atoms with E-state index in [9.17, 15) is 19.5 Å². The molecule has 0 saturated heterocycles. The first kappa shape index (κ1) is 37.5. The van der Waals surface area contributed by atoms with Crippen LogP contribution >= 0.6 is 0 Å². The van der Waals surface area contributed by atoms with E-state index in [4.69, 9.17) is 9.47 Å². The van der Waals surface area contributed by atoms with Crippen molar-refractivity contribution in [1.29, 1.82) is 0 Å². The third-order valence-corrected chi connectivity index (χ3v) is 8.73.